The van der Waals surface area contributed by atoms with Crippen LogP contribution in [0.3, 0.4) is 0 Å². The van der Waals surface area contributed by atoms with E-state index in [1.165, 1.54) is 12.5 Å². The second kappa shape index (κ2) is 15.2. The van der Waals surface area contributed by atoms with Crippen molar-refractivity contribution >= 4 is 23.4 Å². The lowest BCUT2D eigenvalue weighted by Gasteiger charge is -2.21. The standard InChI is InChI=1S/C18H19N3O3.C17H21N3O3/c1-18(2,3)24-17(22)15-14(9-10-21-12-19-20-16(15)21)23-11-13-7-5-4-6-8-13;1-17(2,3)23-16(21)14-13(9-10-19-15(14)20-18)22-11-12-7-5-4-6-8-12/h4-10,12H,11H2,1-3H3;4-10H,11,18H2,1-3H3,(H,19,20). The fraction of sp³-hybridized carbons (Fsp3) is 0.286. The predicted molar refractivity (Wildman–Crippen MR) is 177 cm³/mol. The summed E-state index contributed by atoms with van der Waals surface area (Å²) >= 11 is 0. The number of nitrogens with one attached hydrogen (secondary N) is 1. The molecular formula is C35H40N6O6. The van der Waals surface area contributed by atoms with Crippen molar-refractivity contribution in [3.63, 3.8) is 0 Å². The smallest absolute Gasteiger partial charge is 0.346 e. The molecule has 246 valence electrons. The van der Waals surface area contributed by atoms with E-state index in [2.05, 4.69) is 20.6 Å². The zero-order chi connectivity index (χ0) is 34.0. The maximum absolute atomic E-state index is 12.6. The van der Waals surface area contributed by atoms with Crippen LogP contribution in [0.2, 0.25) is 0 Å². The molecule has 0 aliphatic rings. The number of rotatable bonds is 9. The number of benzene rings is 2. The van der Waals surface area contributed by atoms with Gasteiger partial charge in [-0.1, -0.05) is 60.7 Å². The summed E-state index contributed by atoms with van der Waals surface area (Å²) < 4.78 is 24.2. The van der Waals surface area contributed by atoms with Gasteiger partial charge in [-0.15, -0.1) is 10.2 Å². The highest BCUT2D eigenvalue weighted by molar-refractivity contribution is 5.99. The van der Waals surface area contributed by atoms with Crippen LogP contribution in [0.15, 0.2) is 91.5 Å². The highest BCUT2D eigenvalue weighted by Gasteiger charge is 2.26. The van der Waals surface area contributed by atoms with Crippen molar-refractivity contribution in [1.82, 2.24) is 19.6 Å². The van der Waals surface area contributed by atoms with Crippen molar-refractivity contribution in [2.24, 2.45) is 5.84 Å². The van der Waals surface area contributed by atoms with E-state index in [0.29, 0.717) is 30.4 Å². The van der Waals surface area contributed by atoms with Gasteiger partial charge in [0.2, 0.25) is 0 Å². The highest BCUT2D eigenvalue weighted by atomic mass is 16.6. The van der Waals surface area contributed by atoms with Crippen LogP contribution in [0.1, 0.15) is 73.4 Å². The van der Waals surface area contributed by atoms with Gasteiger partial charge in [0.15, 0.2) is 11.5 Å². The van der Waals surface area contributed by atoms with Gasteiger partial charge in [-0.05, 0) is 64.8 Å². The quantitative estimate of drug-likeness (QED) is 0.108. The Kier molecular flexibility index (Phi) is 11.1. The van der Waals surface area contributed by atoms with E-state index >= 15 is 0 Å². The van der Waals surface area contributed by atoms with Crippen LogP contribution in [-0.4, -0.2) is 42.7 Å². The zero-order valence-electron chi connectivity index (χ0n) is 27.4. The molecular weight excluding hydrogens is 600 g/mol. The maximum atomic E-state index is 12.6. The minimum atomic E-state index is -0.629. The van der Waals surface area contributed by atoms with Crippen LogP contribution in [0.25, 0.3) is 5.65 Å². The number of carbonyl (C=O) groups excluding carboxylic acids is 2. The van der Waals surface area contributed by atoms with Gasteiger partial charge in [0.05, 0.1) is 0 Å². The molecule has 2 aromatic carbocycles. The number of esters is 2. The number of hydrogen-bond acceptors (Lipinski definition) is 11. The van der Waals surface area contributed by atoms with E-state index in [1.54, 1.807) is 43.5 Å². The molecule has 5 rings (SSSR count). The van der Waals surface area contributed by atoms with Crippen LogP contribution >= 0.6 is 0 Å². The molecule has 0 aliphatic carbocycles. The molecule has 3 aromatic heterocycles. The highest BCUT2D eigenvalue weighted by Crippen LogP contribution is 2.28. The van der Waals surface area contributed by atoms with Crippen molar-refractivity contribution in [3.8, 4) is 11.5 Å². The van der Waals surface area contributed by atoms with Crippen molar-refractivity contribution in [3.05, 3.63) is 114 Å². The van der Waals surface area contributed by atoms with Gasteiger partial charge in [0, 0.05) is 12.4 Å². The summed E-state index contributed by atoms with van der Waals surface area (Å²) in [6, 6.07) is 22.7. The number of nitrogen functional groups attached to an aromatic ring is 1. The number of ether oxygens (including phenoxy) is 4. The number of anilines is 1. The number of nitrogens with two attached hydrogens (primary N) is 1. The molecule has 0 spiro atoms. The minimum Gasteiger partial charge on any atom is -0.488 e. The summed E-state index contributed by atoms with van der Waals surface area (Å²) in [7, 11) is 0. The number of carbonyl (C=O) groups is 2. The summed E-state index contributed by atoms with van der Waals surface area (Å²) in [4.78, 5) is 29.1. The Morgan fingerprint density at radius 1 is 0.745 bits per heavy atom. The Morgan fingerprint density at radius 2 is 1.26 bits per heavy atom. The molecule has 3 heterocycles. The molecule has 12 nitrogen and oxygen atoms in total. The van der Waals surface area contributed by atoms with Crippen LogP contribution in [0.4, 0.5) is 5.82 Å². The first-order valence-electron chi connectivity index (χ1n) is 14.9. The van der Waals surface area contributed by atoms with Gasteiger partial charge < -0.3 is 24.4 Å². The molecule has 5 aromatic rings. The molecule has 3 N–H and O–H groups in total. The third-order valence-corrected chi connectivity index (χ3v) is 6.16. The number of aromatic nitrogens is 4. The molecule has 0 unspecified atom stereocenters. The summed E-state index contributed by atoms with van der Waals surface area (Å²) in [5, 5.41) is 7.87. The largest absolute Gasteiger partial charge is 0.488 e. The summed E-state index contributed by atoms with van der Waals surface area (Å²) in [5.74, 6) is 5.43. The number of fused-ring (bicyclic) bond motifs is 1. The Morgan fingerprint density at radius 3 is 1.77 bits per heavy atom. The molecule has 0 saturated carbocycles. The number of hydrogen-bond donors (Lipinski definition) is 2. The first-order chi connectivity index (χ1) is 22.3. The Labute approximate surface area is 273 Å². The Hall–Kier alpha value is -5.49. The van der Waals surface area contributed by atoms with Crippen molar-refractivity contribution in [2.45, 2.75) is 66.0 Å². The van der Waals surface area contributed by atoms with Crippen LogP contribution in [0.5, 0.6) is 11.5 Å². The minimum absolute atomic E-state index is 0.181. The Balaban J connectivity index is 0.000000213. The van der Waals surface area contributed by atoms with Gasteiger partial charge in [-0.2, -0.15) is 0 Å². The first kappa shape index (κ1) is 34.4. The summed E-state index contributed by atoms with van der Waals surface area (Å²) in [6.45, 7) is 11.5. The zero-order valence-corrected chi connectivity index (χ0v) is 27.4. The predicted octanol–water partition coefficient (Wildman–Crippen LogP) is 6.17. The van der Waals surface area contributed by atoms with Gasteiger partial charge in [-0.25, -0.2) is 20.4 Å². The average Bonchev–Trinajstić information content (AvgIpc) is 3.51. The van der Waals surface area contributed by atoms with Gasteiger partial charge in [0.25, 0.3) is 0 Å². The SMILES string of the molecule is CC(C)(C)OC(=O)c1c(OCc2ccccc2)ccn2cnnc12.CC(C)(C)OC(=O)c1c(OCc2ccccc2)ccnc1NN. The number of nitrogens with zero attached hydrogens (tertiary/aromatic N) is 4. The van der Waals surface area contributed by atoms with E-state index in [4.69, 9.17) is 24.8 Å². The third kappa shape index (κ3) is 10.00. The first-order valence-corrected chi connectivity index (χ1v) is 14.9. The lowest BCUT2D eigenvalue weighted by Crippen LogP contribution is -2.26. The molecule has 47 heavy (non-hydrogen) atoms. The summed E-state index contributed by atoms with van der Waals surface area (Å²) in [6.07, 6.45) is 4.80. The van der Waals surface area contributed by atoms with E-state index in [9.17, 15) is 9.59 Å². The van der Waals surface area contributed by atoms with Crippen molar-refractivity contribution in [2.75, 3.05) is 5.43 Å². The van der Waals surface area contributed by atoms with E-state index in [0.717, 1.165) is 11.1 Å². The van der Waals surface area contributed by atoms with Gasteiger partial charge in [-0.3, -0.25) is 4.40 Å². The van der Waals surface area contributed by atoms with Crippen molar-refractivity contribution in [1.29, 1.82) is 0 Å². The summed E-state index contributed by atoms with van der Waals surface area (Å²) in [5.41, 5.74) is 4.04. The van der Waals surface area contributed by atoms with Crippen molar-refractivity contribution < 1.29 is 28.5 Å². The fourth-order valence-electron chi connectivity index (χ4n) is 4.18. The molecule has 0 radical (unpaired) electrons. The lowest BCUT2D eigenvalue weighted by molar-refractivity contribution is 0.00536. The molecule has 0 bridgehead atoms. The molecule has 0 aliphatic heterocycles. The average molecular weight is 641 g/mol. The molecule has 12 heteroatoms. The molecule has 0 amide bonds. The number of pyridine rings is 2. The molecule has 0 fully saturated rings. The van der Waals surface area contributed by atoms with Crippen LogP contribution < -0.4 is 20.7 Å². The van der Waals surface area contributed by atoms with Crippen LogP contribution in [-0.2, 0) is 22.7 Å². The van der Waals surface area contributed by atoms with Gasteiger partial charge in [0.1, 0.15) is 53.4 Å². The van der Waals surface area contributed by atoms with E-state index < -0.39 is 23.1 Å². The maximum Gasteiger partial charge on any atom is 0.346 e. The molecule has 0 saturated heterocycles. The number of hydrazine groups is 1. The van der Waals surface area contributed by atoms with Crippen LogP contribution in [0, 0.1) is 0 Å². The molecule has 0 atom stereocenters. The van der Waals surface area contributed by atoms with E-state index in [-0.39, 0.29) is 16.9 Å². The second-order valence-electron chi connectivity index (χ2n) is 12.3. The monoisotopic (exact) mass is 640 g/mol. The lowest BCUT2D eigenvalue weighted by atomic mass is 10.1. The van der Waals surface area contributed by atoms with E-state index in [1.807, 2.05) is 81.4 Å². The second-order valence-corrected chi connectivity index (χ2v) is 12.3. The fourth-order valence-corrected chi connectivity index (χ4v) is 4.18. The third-order valence-electron chi connectivity index (χ3n) is 6.16. The topological polar surface area (TPSA) is 152 Å². The Bertz CT molecular complexity index is 1780. The van der Waals surface area contributed by atoms with Gasteiger partial charge >= 0.3 is 11.9 Å². The normalized spacial score (nSPS) is 11.2.